The molecule has 0 atom stereocenters. The quantitative estimate of drug-likeness (QED) is 0.504. The fourth-order valence-electron chi connectivity index (χ4n) is 0.910. The SMILES string of the molecule is O=c1cc(I)[nH]c(C(F)F)c1OC(F)(F)F. The number of pyridine rings is 1. The van der Waals surface area contributed by atoms with E-state index in [4.69, 9.17) is 0 Å². The molecular weight excluding hydrogens is 352 g/mol. The molecule has 1 rings (SSSR count). The third kappa shape index (κ3) is 3.32. The highest BCUT2D eigenvalue weighted by Gasteiger charge is 2.35. The molecule has 0 bridgehead atoms. The predicted octanol–water partition coefficient (Wildman–Crippen LogP) is 2.82. The second-order valence-electron chi connectivity index (χ2n) is 2.57. The lowest BCUT2D eigenvalue weighted by Crippen LogP contribution is -2.24. The minimum Gasteiger partial charge on any atom is -0.399 e. The number of halogens is 6. The molecule has 16 heavy (non-hydrogen) atoms. The second kappa shape index (κ2) is 4.55. The van der Waals surface area contributed by atoms with E-state index in [0.717, 1.165) is 6.07 Å². The van der Waals surface area contributed by atoms with Crippen LogP contribution in [0.1, 0.15) is 12.1 Å². The Kier molecular flexibility index (Phi) is 3.76. The predicted molar refractivity (Wildman–Crippen MR) is 51.4 cm³/mol. The zero-order chi connectivity index (χ0) is 12.5. The number of nitrogens with one attached hydrogen (secondary N) is 1. The van der Waals surface area contributed by atoms with E-state index >= 15 is 0 Å². The lowest BCUT2D eigenvalue weighted by molar-refractivity contribution is -0.275. The third-order valence-corrected chi connectivity index (χ3v) is 2.00. The maximum atomic E-state index is 12.3. The Morgan fingerprint density at radius 2 is 1.94 bits per heavy atom. The zero-order valence-electron chi connectivity index (χ0n) is 7.24. The van der Waals surface area contributed by atoms with Gasteiger partial charge in [0.25, 0.3) is 6.43 Å². The van der Waals surface area contributed by atoms with Crippen molar-refractivity contribution < 1.29 is 26.7 Å². The van der Waals surface area contributed by atoms with E-state index in [1.54, 1.807) is 0 Å². The Labute approximate surface area is 98.7 Å². The monoisotopic (exact) mass is 355 g/mol. The molecule has 1 heterocycles. The number of hydrogen-bond donors (Lipinski definition) is 1. The van der Waals surface area contributed by atoms with Gasteiger partial charge in [-0.2, -0.15) is 0 Å². The van der Waals surface area contributed by atoms with Crippen LogP contribution in [-0.2, 0) is 0 Å². The summed E-state index contributed by atoms with van der Waals surface area (Å²) >= 11 is 1.49. The lowest BCUT2D eigenvalue weighted by atomic mass is 10.3. The maximum Gasteiger partial charge on any atom is 0.573 e. The van der Waals surface area contributed by atoms with Crippen LogP contribution in [0.4, 0.5) is 22.0 Å². The molecule has 0 aromatic carbocycles. The minimum absolute atomic E-state index is 0.00701. The Bertz CT molecular complexity index is 441. The number of H-pyrrole nitrogens is 1. The molecule has 0 saturated carbocycles. The molecule has 3 nitrogen and oxygen atoms in total. The summed E-state index contributed by atoms with van der Waals surface area (Å²) in [6.07, 6.45) is -8.46. The molecule has 0 aliphatic rings. The van der Waals surface area contributed by atoms with Crippen LogP contribution in [0, 0.1) is 3.70 Å². The summed E-state index contributed by atoms with van der Waals surface area (Å²) in [6, 6.07) is 0.730. The summed E-state index contributed by atoms with van der Waals surface area (Å²) in [6.45, 7) is 0. The smallest absolute Gasteiger partial charge is 0.399 e. The largest absolute Gasteiger partial charge is 0.573 e. The van der Waals surface area contributed by atoms with Crippen LogP contribution in [0.25, 0.3) is 0 Å². The Morgan fingerprint density at radius 3 is 2.38 bits per heavy atom. The van der Waals surface area contributed by atoms with E-state index < -0.39 is 29.7 Å². The van der Waals surface area contributed by atoms with E-state index in [1.165, 1.54) is 22.6 Å². The summed E-state index contributed by atoms with van der Waals surface area (Å²) in [5, 5.41) is 0. The van der Waals surface area contributed by atoms with Crippen molar-refractivity contribution in [2.24, 2.45) is 0 Å². The Balaban J connectivity index is 3.31. The van der Waals surface area contributed by atoms with Gasteiger partial charge in [0.1, 0.15) is 5.69 Å². The molecule has 0 radical (unpaired) electrons. The number of hydrogen-bond acceptors (Lipinski definition) is 2. The highest BCUT2D eigenvalue weighted by Crippen LogP contribution is 2.28. The molecule has 1 N–H and O–H groups in total. The van der Waals surface area contributed by atoms with Crippen LogP contribution < -0.4 is 10.2 Å². The molecule has 0 aliphatic carbocycles. The topological polar surface area (TPSA) is 42.1 Å². The average molecular weight is 355 g/mol. The minimum atomic E-state index is -5.19. The molecule has 1 aromatic heterocycles. The molecule has 0 spiro atoms. The third-order valence-electron chi connectivity index (χ3n) is 1.42. The van der Waals surface area contributed by atoms with Gasteiger partial charge in [-0.25, -0.2) is 8.78 Å². The van der Waals surface area contributed by atoms with Crippen LogP contribution in [0.2, 0.25) is 0 Å². The van der Waals surface area contributed by atoms with Crippen molar-refractivity contribution >= 4 is 22.6 Å². The lowest BCUT2D eigenvalue weighted by Gasteiger charge is -2.12. The van der Waals surface area contributed by atoms with Gasteiger partial charge in [0.15, 0.2) is 0 Å². The van der Waals surface area contributed by atoms with Crippen LogP contribution in [0.3, 0.4) is 0 Å². The number of aromatic nitrogens is 1. The molecule has 1 aromatic rings. The van der Waals surface area contributed by atoms with Gasteiger partial charge < -0.3 is 9.72 Å². The van der Waals surface area contributed by atoms with Gasteiger partial charge in [-0.05, 0) is 22.6 Å². The molecule has 90 valence electrons. The van der Waals surface area contributed by atoms with E-state index in [2.05, 4.69) is 4.74 Å². The Morgan fingerprint density at radius 1 is 1.38 bits per heavy atom. The number of ether oxygens (including phenoxy) is 1. The summed E-state index contributed by atoms with van der Waals surface area (Å²) in [4.78, 5) is 13.0. The van der Waals surface area contributed by atoms with E-state index in [9.17, 15) is 26.7 Å². The highest BCUT2D eigenvalue weighted by molar-refractivity contribution is 14.1. The number of rotatable bonds is 2. The first kappa shape index (κ1) is 13.2. The second-order valence-corrected chi connectivity index (χ2v) is 3.74. The number of alkyl halides is 5. The van der Waals surface area contributed by atoms with Gasteiger partial charge in [0.05, 0.1) is 3.70 Å². The van der Waals surface area contributed by atoms with E-state index in [0.29, 0.717) is 0 Å². The molecule has 0 aliphatic heterocycles. The van der Waals surface area contributed by atoms with Crippen LogP contribution >= 0.6 is 22.6 Å². The summed E-state index contributed by atoms with van der Waals surface area (Å²) in [7, 11) is 0. The van der Waals surface area contributed by atoms with Gasteiger partial charge >= 0.3 is 6.36 Å². The fraction of sp³-hybridized carbons (Fsp3) is 0.286. The first-order valence-corrected chi connectivity index (χ1v) is 4.75. The van der Waals surface area contributed by atoms with Gasteiger partial charge in [0, 0.05) is 6.07 Å². The van der Waals surface area contributed by atoms with Crippen molar-refractivity contribution in [2.75, 3.05) is 0 Å². The Hall–Kier alpha value is -0.870. The van der Waals surface area contributed by atoms with E-state index in [1.807, 2.05) is 4.98 Å². The van der Waals surface area contributed by atoms with Gasteiger partial charge in [-0.3, -0.25) is 4.79 Å². The van der Waals surface area contributed by atoms with Crippen molar-refractivity contribution in [1.82, 2.24) is 4.98 Å². The molecule has 0 fully saturated rings. The molecular formula is C7H3F5INO2. The van der Waals surface area contributed by atoms with Crippen molar-refractivity contribution in [3.63, 3.8) is 0 Å². The molecule has 0 unspecified atom stereocenters. The molecule has 9 heteroatoms. The van der Waals surface area contributed by atoms with Crippen molar-refractivity contribution in [2.45, 2.75) is 12.8 Å². The average Bonchev–Trinajstić information content (AvgIpc) is 2.07. The maximum absolute atomic E-state index is 12.3. The van der Waals surface area contributed by atoms with Crippen LogP contribution in [-0.4, -0.2) is 11.3 Å². The normalized spacial score (nSPS) is 11.9. The fourth-order valence-corrected chi connectivity index (χ4v) is 1.48. The van der Waals surface area contributed by atoms with Gasteiger partial charge in [-0.1, -0.05) is 0 Å². The molecule has 0 amide bonds. The standard InChI is InChI=1S/C7H3F5INO2/c8-6(9)4-5(16-7(10,11)12)2(15)1-3(13)14-4/h1,6H,(H,14,15). The number of aromatic amines is 1. The summed E-state index contributed by atoms with van der Waals surface area (Å²) < 4.78 is 63.5. The zero-order valence-corrected chi connectivity index (χ0v) is 9.40. The van der Waals surface area contributed by atoms with Crippen LogP contribution in [0.15, 0.2) is 10.9 Å². The van der Waals surface area contributed by atoms with Crippen molar-refractivity contribution in [3.05, 3.63) is 25.7 Å². The van der Waals surface area contributed by atoms with Crippen molar-refractivity contribution in [1.29, 1.82) is 0 Å². The van der Waals surface area contributed by atoms with Crippen molar-refractivity contribution in [3.8, 4) is 5.75 Å². The first-order valence-electron chi connectivity index (χ1n) is 3.67. The summed E-state index contributed by atoms with van der Waals surface area (Å²) in [5.41, 5.74) is -2.44. The van der Waals surface area contributed by atoms with Gasteiger partial charge in [-0.15, -0.1) is 13.2 Å². The van der Waals surface area contributed by atoms with Gasteiger partial charge in [0.2, 0.25) is 11.2 Å². The summed E-state index contributed by atoms with van der Waals surface area (Å²) in [5.74, 6) is -1.43. The highest BCUT2D eigenvalue weighted by atomic mass is 127. The van der Waals surface area contributed by atoms with Crippen LogP contribution in [0.5, 0.6) is 5.75 Å². The van der Waals surface area contributed by atoms with E-state index in [-0.39, 0.29) is 3.70 Å². The molecule has 0 saturated heterocycles. The first-order chi connectivity index (χ1) is 7.20.